The van der Waals surface area contributed by atoms with Crippen LogP contribution in [0.15, 0.2) is 77.3 Å². The van der Waals surface area contributed by atoms with E-state index in [0.717, 1.165) is 12.1 Å². The molecule has 0 N–H and O–H groups in total. The van der Waals surface area contributed by atoms with Gasteiger partial charge in [0.25, 0.3) is 0 Å². The third-order valence-corrected chi connectivity index (χ3v) is 7.36. The Bertz CT molecular complexity index is 1500. The molecule has 8 heteroatoms. The molecule has 0 amide bonds. The van der Waals surface area contributed by atoms with E-state index in [1.165, 1.54) is 25.3 Å². The minimum Gasteiger partial charge on any atom is -0.497 e. The Morgan fingerprint density at radius 2 is 1.28 bits per heavy atom. The van der Waals surface area contributed by atoms with Crippen LogP contribution in [0.2, 0.25) is 0 Å². The van der Waals surface area contributed by atoms with Crippen molar-refractivity contribution in [3.63, 3.8) is 0 Å². The number of benzene rings is 4. The number of halogens is 7. The summed E-state index contributed by atoms with van der Waals surface area (Å²) in [5, 5.41) is 0. The molecule has 204 valence electrons. The van der Waals surface area contributed by atoms with Crippen molar-refractivity contribution in [3.05, 3.63) is 99.5 Å². The number of hydrogen-bond donors (Lipinski definition) is 0. The molecule has 0 spiro atoms. The van der Waals surface area contributed by atoms with Gasteiger partial charge in [-0.2, -0.15) is 26.3 Å². The molecule has 0 aromatic heterocycles. The molecule has 1 nitrogen and oxygen atoms in total. The highest BCUT2D eigenvalue weighted by molar-refractivity contribution is 9.10. The van der Waals surface area contributed by atoms with Crippen LogP contribution in [0.1, 0.15) is 42.0 Å². The Morgan fingerprint density at radius 1 is 0.692 bits per heavy atom. The van der Waals surface area contributed by atoms with Crippen LogP contribution in [0.25, 0.3) is 33.4 Å². The largest absolute Gasteiger partial charge is 0.497 e. The van der Waals surface area contributed by atoms with Crippen LogP contribution in [0.4, 0.5) is 26.3 Å². The van der Waals surface area contributed by atoms with Crippen molar-refractivity contribution < 1.29 is 31.1 Å². The average Bonchev–Trinajstić information content (AvgIpc) is 2.87. The van der Waals surface area contributed by atoms with Crippen molar-refractivity contribution in [3.8, 4) is 39.1 Å². The summed E-state index contributed by atoms with van der Waals surface area (Å²) in [5.41, 5.74) is 0.478. The van der Waals surface area contributed by atoms with E-state index in [1.807, 2.05) is 13.8 Å². The van der Waals surface area contributed by atoms with Gasteiger partial charge >= 0.3 is 12.4 Å². The number of rotatable bonds is 5. The topological polar surface area (TPSA) is 9.23 Å². The van der Waals surface area contributed by atoms with E-state index in [9.17, 15) is 26.3 Å². The maximum atomic E-state index is 14.4. The summed E-state index contributed by atoms with van der Waals surface area (Å²) in [4.78, 5) is 0. The fourth-order valence-electron chi connectivity index (χ4n) is 4.82. The summed E-state index contributed by atoms with van der Waals surface area (Å²) < 4.78 is 91.1. The molecule has 4 aromatic rings. The van der Waals surface area contributed by atoms with Gasteiger partial charge in [-0.15, -0.1) is 0 Å². The zero-order chi connectivity index (χ0) is 28.7. The van der Waals surface area contributed by atoms with Crippen LogP contribution in [0, 0.1) is 6.92 Å². The smallest absolute Gasteiger partial charge is 0.417 e. The van der Waals surface area contributed by atoms with Gasteiger partial charge in [0.2, 0.25) is 0 Å². The SMILES string of the molecule is COc1ccc(-c2cc(-c3ccccc3)c(C(C)C)c(-c3ccc(C)cc3C(F)(F)F)c2Br)c(C(F)(F)F)c1. The number of hydrogen-bond acceptors (Lipinski definition) is 1. The number of alkyl halides is 6. The van der Waals surface area contributed by atoms with E-state index in [-0.39, 0.29) is 38.4 Å². The summed E-state index contributed by atoms with van der Waals surface area (Å²) in [7, 11) is 1.27. The predicted molar refractivity (Wildman–Crippen MR) is 146 cm³/mol. The first-order chi connectivity index (χ1) is 18.2. The van der Waals surface area contributed by atoms with Gasteiger partial charge in [-0.1, -0.05) is 67.9 Å². The van der Waals surface area contributed by atoms with E-state index >= 15 is 0 Å². The highest BCUT2D eigenvalue weighted by Crippen LogP contribution is 2.51. The number of aryl methyl sites for hydroxylation is 1. The molecule has 0 aliphatic carbocycles. The lowest BCUT2D eigenvalue weighted by atomic mass is 9.81. The van der Waals surface area contributed by atoms with Crippen LogP contribution in [-0.2, 0) is 12.4 Å². The molecular weight excluding hydrogens is 582 g/mol. The molecule has 0 fully saturated rings. The van der Waals surface area contributed by atoms with Crippen LogP contribution in [0.3, 0.4) is 0 Å². The fraction of sp³-hybridized carbons (Fsp3) is 0.226. The van der Waals surface area contributed by atoms with Crippen molar-refractivity contribution in [2.75, 3.05) is 7.11 Å². The van der Waals surface area contributed by atoms with Gasteiger partial charge < -0.3 is 4.74 Å². The molecule has 0 saturated heterocycles. The zero-order valence-corrected chi connectivity index (χ0v) is 23.1. The molecular formula is C31H25BrF6O. The second kappa shape index (κ2) is 10.7. The summed E-state index contributed by atoms with van der Waals surface area (Å²) in [6.45, 7) is 5.27. The molecule has 0 radical (unpaired) electrons. The van der Waals surface area contributed by atoms with Crippen LogP contribution >= 0.6 is 15.9 Å². The van der Waals surface area contributed by atoms with Crippen LogP contribution in [0.5, 0.6) is 5.75 Å². The third kappa shape index (κ3) is 5.71. The van der Waals surface area contributed by atoms with Gasteiger partial charge in [0.1, 0.15) is 5.75 Å². The lowest BCUT2D eigenvalue weighted by molar-refractivity contribution is -0.137. The summed E-state index contributed by atoms with van der Waals surface area (Å²) >= 11 is 3.47. The number of ether oxygens (including phenoxy) is 1. The van der Waals surface area contributed by atoms with Crippen molar-refractivity contribution in [2.24, 2.45) is 0 Å². The monoisotopic (exact) mass is 606 g/mol. The molecule has 0 bridgehead atoms. The van der Waals surface area contributed by atoms with E-state index in [1.54, 1.807) is 49.4 Å². The van der Waals surface area contributed by atoms with E-state index in [4.69, 9.17) is 4.74 Å². The molecule has 0 aliphatic heterocycles. The lowest BCUT2D eigenvalue weighted by Gasteiger charge is -2.26. The van der Waals surface area contributed by atoms with E-state index < -0.39 is 23.5 Å². The first-order valence-electron chi connectivity index (χ1n) is 12.1. The fourth-order valence-corrected chi connectivity index (χ4v) is 5.57. The Hall–Kier alpha value is -3.26. The quantitative estimate of drug-likeness (QED) is 0.205. The van der Waals surface area contributed by atoms with Gasteiger partial charge in [-0.05, 0) is 86.4 Å². The van der Waals surface area contributed by atoms with Crippen molar-refractivity contribution >= 4 is 15.9 Å². The molecule has 0 aliphatic rings. The first-order valence-corrected chi connectivity index (χ1v) is 12.9. The minimum absolute atomic E-state index is 0.0161. The number of methoxy groups -OCH3 is 1. The molecule has 0 unspecified atom stereocenters. The van der Waals surface area contributed by atoms with Crippen molar-refractivity contribution in [1.82, 2.24) is 0 Å². The molecule has 4 aromatic carbocycles. The predicted octanol–water partition coefficient (Wildman–Crippen LogP) is 10.9. The Kier molecular flexibility index (Phi) is 7.90. The highest BCUT2D eigenvalue weighted by Gasteiger charge is 2.38. The normalized spacial score (nSPS) is 12.2. The van der Waals surface area contributed by atoms with Gasteiger partial charge in [-0.25, -0.2) is 0 Å². The Balaban J connectivity index is 2.23. The van der Waals surface area contributed by atoms with Crippen molar-refractivity contribution in [1.29, 1.82) is 0 Å². The third-order valence-electron chi connectivity index (χ3n) is 6.54. The van der Waals surface area contributed by atoms with Gasteiger partial charge in [-0.3, -0.25) is 0 Å². The second-order valence-corrected chi connectivity index (χ2v) is 10.3. The first kappa shape index (κ1) is 28.7. The Labute approximate surface area is 231 Å². The van der Waals surface area contributed by atoms with Gasteiger partial charge in [0.05, 0.1) is 18.2 Å². The molecule has 0 atom stereocenters. The molecule has 39 heavy (non-hydrogen) atoms. The lowest BCUT2D eigenvalue weighted by Crippen LogP contribution is -2.11. The summed E-state index contributed by atoms with van der Waals surface area (Å²) in [5.74, 6) is -0.247. The standard InChI is InChI=1S/C31H25BrF6O/c1-17(2)27-23(19-8-6-5-7-9-19)16-24(21-13-11-20(39-4)15-26(21)31(36,37)38)29(32)28(27)22-12-10-18(3)14-25(22)30(33,34)35/h5-17H,1-4H3. The minimum atomic E-state index is -4.74. The molecule has 4 rings (SSSR count). The zero-order valence-electron chi connectivity index (χ0n) is 21.6. The van der Waals surface area contributed by atoms with E-state index in [2.05, 4.69) is 15.9 Å². The van der Waals surface area contributed by atoms with Crippen LogP contribution < -0.4 is 4.74 Å². The van der Waals surface area contributed by atoms with Crippen molar-refractivity contribution in [2.45, 2.75) is 39.0 Å². The average molecular weight is 607 g/mol. The maximum Gasteiger partial charge on any atom is 0.417 e. The molecule has 0 saturated carbocycles. The van der Waals surface area contributed by atoms with Crippen LogP contribution in [-0.4, -0.2) is 7.11 Å². The highest BCUT2D eigenvalue weighted by atomic mass is 79.9. The summed E-state index contributed by atoms with van der Waals surface area (Å²) in [6, 6.07) is 18.2. The van der Waals surface area contributed by atoms with Gasteiger partial charge in [0.15, 0.2) is 0 Å². The Morgan fingerprint density at radius 3 is 1.85 bits per heavy atom. The second-order valence-electron chi connectivity index (χ2n) is 9.55. The maximum absolute atomic E-state index is 14.4. The summed E-state index contributed by atoms with van der Waals surface area (Å²) in [6.07, 6.45) is -9.43. The van der Waals surface area contributed by atoms with E-state index in [0.29, 0.717) is 22.3 Å². The molecule has 0 heterocycles. The van der Waals surface area contributed by atoms with Gasteiger partial charge in [0, 0.05) is 10.0 Å².